The summed E-state index contributed by atoms with van der Waals surface area (Å²) in [5, 5.41) is 4.53. The Morgan fingerprint density at radius 2 is 1.90 bits per heavy atom. The minimum absolute atomic E-state index is 0.0459. The van der Waals surface area contributed by atoms with Crippen molar-refractivity contribution in [1.29, 1.82) is 0 Å². The first-order chi connectivity index (χ1) is 14.1. The highest BCUT2D eigenvalue weighted by Gasteiger charge is 2.14. The second kappa shape index (κ2) is 8.60. The van der Waals surface area contributed by atoms with Gasteiger partial charge in [0.15, 0.2) is 0 Å². The van der Waals surface area contributed by atoms with Crippen LogP contribution in [0, 0.1) is 13.8 Å². The van der Waals surface area contributed by atoms with Crippen molar-refractivity contribution < 1.29 is 4.79 Å². The minimum Gasteiger partial charge on any atom is -0.268 e. The molecule has 2 aromatic heterocycles. The molecule has 29 heavy (non-hydrogen) atoms. The number of pyridine rings is 1. The van der Waals surface area contributed by atoms with Crippen LogP contribution in [0.25, 0.3) is 0 Å². The largest absolute Gasteiger partial charge is 0.268 e. The van der Waals surface area contributed by atoms with E-state index < -0.39 is 0 Å². The molecule has 3 aromatic rings. The highest BCUT2D eigenvalue weighted by molar-refractivity contribution is 5.95. The fraction of sp³-hybridized carbons (Fsp3) is 0.375. The van der Waals surface area contributed by atoms with E-state index in [1.807, 2.05) is 67.2 Å². The SMILES string of the molecule is Cc1cc(C)n(Cc2cccc(C(=O)n3ccccc3=NC3CCCCC3)c2)n1. The maximum atomic E-state index is 13.3. The second-order valence-electron chi connectivity index (χ2n) is 7.94. The van der Waals surface area contributed by atoms with Gasteiger partial charge in [-0.15, -0.1) is 0 Å². The second-order valence-corrected chi connectivity index (χ2v) is 7.94. The van der Waals surface area contributed by atoms with Gasteiger partial charge in [-0.3, -0.25) is 19.0 Å². The zero-order chi connectivity index (χ0) is 20.2. The number of rotatable bonds is 4. The van der Waals surface area contributed by atoms with Crippen LogP contribution in [0.3, 0.4) is 0 Å². The molecule has 4 rings (SSSR count). The van der Waals surface area contributed by atoms with E-state index in [1.165, 1.54) is 19.3 Å². The van der Waals surface area contributed by atoms with Gasteiger partial charge in [-0.2, -0.15) is 5.10 Å². The Hall–Kier alpha value is -2.95. The van der Waals surface area contributed by atoms with Crippen molar-refractivity contribution in [1.82, 2.24) is 14.3 Å². The fourth-order valence-electron chi connectivity index (χ4n) is 4.06. The molecule has 1 aromatic carbocycles. The van der Waals surface area contributed by atoms with E-state index in [1.54, 1.807) is 4.57 Å². The molecule has 0 radical (unpaired) electrons. The lowest BCUT2D eigenvalue weighted by atomic mass is 9.96. The van der Waals surface area contributed by atoms with Crippen molar-refractivity contribution in [3.63, 3.8) is 0 Å². The molecule has 0 atom stereocenters. The zero-order valence-corrected chi connectivity index (χ0v) is 17.2. The van der Waals surface area contributed by atoms with Gasteiger partial charge in [-0.05, 0) is 62.6 Å². The normalized spacial score (nSPS) is 15.6. The maximum Gasteiger partial charge on any atom is 0.263 e. The summed E-state index contributed by atoms with van der Waals surface area (Å²) in [6.07, 6.45) is 7.79. The van der Waals surface area contributed by atoms with Crippen molar-refractivity contribution in [2.24, 2.45) is 4.99 Å². The van der Waals surface area contributed by atoms with Crippen LogP contribution in [0.5, 0.6) is 0 Å². The smallest absolute Gasteiger partial charge is 0.263 e. The van der Waals surface area contributed by atoms with Crippen LogP contribution in [-0.4, -0.2) is 26.3 Å². The standard InChI is InChI=1S/C24H28N4O/c1-18-15-19(2)28(26-18)17-20-9-8-10-21(16-20)24(29)27-14-7-6-13-23(27)25-22-11-4-3-5-12-22/h6-10,13-16,22H,3-5,11-12,17H2,1-2H3. The van der Waals surface area contributed by atoms with Gasteiger partial charge in [0.25, 0.3) is 5.91 Å². The van der Waals surface area contributed by atoms with E-state index >= 15 is 0 Å². The Kier molecular flexibility index (Phi) is 5.74. The van der Waals surface area contributed by atoms with Crippen LogP contribution in [0.1, 0.15) is 59.4 Å². The van der Waals surface area contributed by atoms with Crippen LogP contribution in [-0.2, 0) is 6.54 Å². The van der Waals surface area contributed by atoms with Gasteiger partial charge >= 0.3 is 0 Å². The third-order valence-electron chi connectivity index (χ3n) is 5.56. The Balaban J connectivity index is 1.62. The number of nitrogens with zero attached hydrogens (tertiary/aromatic N) is 4. The molecular formula is C24H28N4O. The molecular weight excluding hydrogens is 360 g/mol. The van der Waals surface area contributed by atoms with E-state index in [-0.39, 0.29) is 5.91 Å². The first kappa shape index (κ1) is 19.4. The average molecular weight is 389 g/mol. The van der Waals surface area contributed by atoms with Crippen LogP contribution in [0.4, 0.5) is 0 Å². The topological polar surface area (TPSA) is 52.2 Å². The number of carbonyl (C=O) groups excluding carboxylic acids is 1. The van der Waals surface area contributed by atoms with Crippen LogP contribution < -0.4 is 5.49 Å². The molecule has 0 spiro atoms. The highest BCUT2D eigenvalue weighted by Crippen LogP contribution is 2.19. The number of aromatic nitrogens is 3. The fourth-order valence-corrected chi connectivity index (χ4v) is 4.06. The van der Waals surface area contributed by atoms with Gasteiger partial charge in [0.1, 0.15) is 5.49 Å². The zero-order valence-electron chi connectivity index (χ0n) is 17.2. The van der Waals surface area contributed by atoms with Crippen molar-refractivity contribution in [2.45, 2.75) is 58.5 Å². The maximum absolute atomic E-state index is 13.3. The van der Waals surface area contributed by atoms with Gasteiger partial charge in [0, 0.05) is 17.5 Å². The predicted octanol–water partition coefficient (Wildman–Crippen LogP) is 4.27. The summed E-state index contributed by atoms with van der Waals surface area (Å²) in [7, 11) is 0. The highest BCUT2D eigenvalue weighted by atomic mass is 16.2. The average Bonchev–Trinajstić information content (AvgIpc) is 3.05. The molecule has 0 N–H and O–H groups in total. The molecule has 150 valence electrons. The van der Waals surface area contributed by atoms with Crippen molar-refractivity contribution in [3.8, 4) is 0 Å². The molecule has 1 saturated carbocycles. The molecule has 0 amide bonds. The summed E-state index contributed by atoms with van der Waals surface area (Å²) in [5.41, 5.74) is 4.59. The summed E-state index contributed by atoms with van der Waals surface area (Å²) >= 11 is 0. The number of benzene rings is 1. The predicted molar refractivity (Wildman–Crippen MR) is 114 cm³/mol. The monoisotopic (exact) mass is 388 g/mol. The lowest BCUT2D eigenvalue weighted by molar-refractivity contribution is 0.0954. The molecule has 1 aliphatic rings. The molecule has 1 aliphatic carbocycles. The lowest BCUT2D eigenvalue weighted by Gasteiger charge is -2.17. The Labute approximate surface area is 171 Å². The van der Waals surface area contributed by atoms with Crippen LogP contribution >= 0.6 is 0 Å². The first-order valence-electron chi connectivity index (χ1n) is 10.5. The molecule has 1 fully saturated rings. The summed E-state index contributed by atoms with van der Waals surface area (Å²) < 4.78 is 3.65. The summed E-state index contributed by atoms with van der Waals surface area (Å²) in [6, 6.07) is 16.0. The molecule has 0 unspecified atom stereocenters. The summed E-state index contributed by atoms with van der Waals surface area (Å²) in [5.74, 6) is -0.0459. The number of hydrogen-bond donors (Lipinski definition) is 0. The van der Waals surface area contributed by atoms with E-state index in [9.17, 15) is 4.79 Å². The molecule has 5 heteroatoms. The van der Waals surface area contributed by atoms with E-state index in [2.05, 4.69) is 11.2 Å². The molecule has 5 nitrogen and oxygen atoms in total. The summed E-state index contributed by atoms with van der Waals surface area (Å²) in [6.45, 7) is 4.69. The van der Waals surface area contributed by atoms with Crippen LogP contribution in [0.15, 0.2) is 59.7 Å². The molecule has 0 saturated heterocycles. The molecule has 2 heterocycles. The van der Waals surface area contributed by atoms with Gasteiger partial charge in [0.05, 0.1) is 18.3 Å². The number of carbonyl (C=O) groups is 1. The molecule has 0 bridgehead atoms. The Bertz CT molecular complexity index is 1070. The van der Waals surface area contributed by atoms with E-state index in [0.717, 1.165) is 35.3 Å². The van der Waals surface area contributed by atoms with Crippen molar-refractivity contribution >= 4 is 5.91 Å². The minimum atomic E-state index is -0.0459. The lowest BCUT2D eigenvalue weighted by Crippen LogP contribution is -2.29. The van der Waals surface area contributed by atoms with Crippen LogP contribution in [0.2, 0.25) is 0 Å². The Morgan fingerprint density at radius 1 is 1.07 bits per heavy atom. The number of hydrogen-bond acceptors (Lipinski definition) is 3. The quantitative estimate of drug-likeness (QED) is 0.670. The van der Waals surface area contributed by atoms with E-state index in [4.69, 9.17) is 4.99 Å². The van der Waals surface area contributed by atoms with Gasteiger partial charge in [-0.1, -0.05) is 37.5 Å². The summed E-state index contributed by atoms with van der Waals surface area (Å²) in [4.78, 5) is 18.2. The first-order valence-corrected chi connectivity index (χ1v) is 10.5. The third-order valence-corrected chi connectivity index (χ3v) is 5.56. The van der Waals surface area contributed by atoms with Gasteiger partial charge in [0.2, 0.25) is 0 Å². The molecule has 0 aliphatic heterocycles. The van der Waals surface area contributed by atoms with Gasteiger partial charge < -0.3 is 0 Å². The third kappa shape index (κ3) is 4.56. The van der Waals surface area contributed by atoms with Crippen molar-refractivity contribution in [2.75, 3.05) is 0 Å². The Morgan fingerprint density at radius 3 is 2.66 bits per heavy atom. The van der Waals surface area contributed by atoms with E-state index in [0.29, 0.717) is 18.2 Å². The number of aryl methyl sites for hydroxylation is 2. The van der Waals surface area contributed by atoms with Gasteiger partial charge in [-0.25, -0.2) is 0 Å². The van der Waals surface area contributed by atoms with Crippen molar-refractivity contribution in [3.05, 3.63) is 82.7 Å².